The van der Waals surface area contributed by atoms with E-state index in [0.717, 1.165) is 38.1 Å². The number of piperidine rings is 1. The molecule has 0 aromatic rings. The van der Waals surface area contributed by atoms with Gasteiger partial charge in [-0.05, 0) is 6.92 Å². The summed E-state index contributed by atoms with van der Waals surface area (Å²) in [7, 11) is 0. The van der Waals surface area contributed by atoms with Gasteiger partial charge in [0.1, 0.15) is 5.60 Å². The van der Waals surface area contributed by atoms with Crippen molar-refractivity contribution in [3.05, 3.63) is 0 Å². The minimum atomic E-state index is -0.0873. The molecule has 0 radical (unpaired) electrons. The van der Waals surface area contributed by atoms with Gasteiger partial charge < -0.3 is 9.74 Å². The van der Waals surface area contributed by atoms with Gasteiger partial charge in [-0.15, -0.1) is 0 Å². The van der Waals surface area contributed by atoms with E-state index < -0.39 is 0 Å². The van der Waals surface area contributed by atoms with Crippen LogP contribution in [0.2, 0.25) is 0 Å². The van der Waals surface area contributed by atoms with Crippen molar-refractivity contribution in [2.24, 2.45) is 5.16 Å². The first-order valence-corrected chi connectivity index (χ1v) is 5.08. The van der Waals surface area contributed by atoms with Crippen molar-refractivity contribution in [3.8, 4) is 0 Å². The molecule has 0 aliphatic carbocycles. The number of likely N-dealkylation sites (tertiary alicyclic amines) is 1. The summed E-state index contributed by atoms with van der Waals surface area (Å²) in [4.78, 5) is 18.5. The van der Waals surface area contributed by atoms with Crippen molar-refractivity contribution in [1.29, 1.82) is 0 Å². The first-order valence-electron chi connectivity index (χ1n) is 5.08. The second kappa shape index (κ2) is 3.26. The zero-order chi connectivity index (χ0) is 10.2. The third kappa shape index (κ3) is 1.61. The molecule has 0 bridgehead atoms. The summed E-state index contributed by atoms with van der Waals surface area (Å²) < 4.78 is 0. The lowest BCUT2D eigenvalue weighted by Crippen LogP contribution is -2.46. The molecule has 0 aromatic carbocycles. The number of oxime groups is 1. The molecule has 1 spiro atoms. The van der Waals surface area contributed by atoms with Crippen LogP contribution in [-0.2, 0) is 9.63 Å². The van der Waals surface area contributed by atoms with Crippen LogP contribution < -0.4 is 0 Å². The van der Waals surface area contributed by atoms with Crippen molar-refractivity contribution < 1.29 is 9.63 Å². The van der Waals surface area contributed by atoms with Crippen molar-refractivity contribution in [3.63, 3.8) is 0 Å². The molecule has 0 aromatic heterocycles. The highest BCUT2D eigenvalue weighted by Crippen LogP contribution is 2.34. The molecule has 0 atom stereocenters. The Kier molecular flexibility index (Phi) is 2.21. The van der Waals surface area contributed by atoms with E-state index in [-0.39, 0.29) is 11.5 Å². The molecule has 4 nitrogen and oxygen atoms in total. The third-order valence-corrected chi connectivity index (χ3v) is 3.09. The molecule has 0 N–H and O–H groups in total. The first-order chi connectivity index (χ1) is 6.61. The molecule has 2 rings (SSSR count). The fourth-order valence-corrected chi connectivity index (χ4v) is 2.20. The van der Waals surface area contributed by atoms with Crippen LogP contribution in [0.3, 0.4) is 0 Å². The van der Waals surface area contributed by atoms with E-state index in [0.29, 0.717) is 0 Å². The Labute approximate surface area is 83.9 Å². The normalized spacial score (nSPS) is 24.7. The second-order valence-electron chi connectivity index (χ2n) is 4.28. The average Bonchev–Trinajstić information content (AvgIpc) is 2.48. The standard InChI is InChI=1S/C10H16N2O2/c1-8-7-10(14-11-8)3-5-12(6-4-10)9(2)13/h3-7H2,1-2H3. The van der Waals surface area contributed by atoms with Gasteiger partial charge >= 0.3 is 0 Å². The summed E-state index contributed by atoms with van der Waals surface area (Å²) in [5.41, 5.74) is 0.983. The smallest absolute Gasteiger partial charge is 0.219 e. The first kappa shape index (κ1) is 9.49. The van der Waals surface area contributed by atoms with E-state index in [9.17, 15) is 4.79 Å². The summed E-state index contributed by atoms with van der Waals surface area (Å²) in [6.07, 6.45) is 2.75. The zero-order valence-electron chi connectivity index (χ0n) is 8.75. The molecule has 78 valence electrons. The van der Waals surface area contributed by atoms with Crippen LogP contribution in [0, 0.1) is 0 Å². The number of hydrogen-bond acceptors (Lipinski definition) is 3. The van der Waals surface area contributed by atoms with Crippen LogP contribution in [-0.4, -0.2) is 35.2 Å². The third-order valence-electron chi connectivity index (χ3n) is 3.09. The highest BCUT2D eigenvalue weighted by molar-refractivity contribution is 5.83. The molecule has 1 fully saturated rings. The molecule has 14 heavy (non-hydrogen) atoms. The monoisotopic (exact) mass is 196 g/mol. The number of carbonyl (C=O) groups is 1. The van der Waals surface area contributed by atoms with Gasteiger partial charge in [0.2, 0.25) is 5.91 Å². The Balaban J connectivity index is 1.94. The van der Waals surface area contributed by atoms with Crippen molar-refractivity contribution in [2.45, 2.75) is 38.7 Å². The van der Waals surface area contributed by atoms with Gasteiger partial charge in [-0.25, -0.2) is 0 Å². The average molecular weight is 196 g/mol. The minimum Gasteiger partial charge on any atom is -0.389 e. The highest BCUT2D eigenvalue weighted by atomic mass is 16.7. The lowest BCUT2D eigenvalue weighted by atomic mass is 9.87. The lowest BCUT2D eigenvalue weighted by molar-refractivity contribution is -0.134. The molecule has 4 heteroatoms. The number of carbonyl (C=O) groups excluding carboxylic acids is 1. The molecular formula is C10H16N2O2. The number of amides is 1. The van der Waals surface area contributed by atoms with E-state index in [1.165, 1.54) is 0 Å². The van der Waals surface area contributed by atoms with Crippen LogP contribution in [0.4, 0.5) is 0 Å². The van der Waals surface area contributed by atoms with Gasteiger partial charge in [0.25, 0.3) is 0 Å². The number of nitrogens with zero attached hydrogens (tertiary/aromatic N) is 2. The van der Waals surface area contributed by atoms with Crippen molar-refractivity contribution in [1.82, 2.24) is 4.90 Å². The van der Waals surface area contributed by atoms with Crippen LogP contribution in [0.1, 0.15) is 33.1 Å². The predicted molar refractivity (Wildman–Crippen MR) is 53.0 cm³/mol. The fraction of sp³-hybridized carbons (Fsp3) is 0.800. The van der Waals surface area contributed by atoms with E-state index in [1.807, 2.05) is 11.8 Å². The Morgan fingerprint density at radius 3 is 2.57 bits per heavy atom. The summed E-state index contributed by atoms with van der Waals surface area (Å²) in [6.45, 7) is 5.22. The highest BCUT2D eigenvalue weighted by Gasteiger charge is 2.41. The summed E-state index contributed by atoms with van der Waals surface area (Å²) in [5.74, 6) is 0.162. The van der Waals surface area contributed by atoms with Gasteiger partial charge in [-0.3, -0.25) is 4.79 Å². The maximum absolute atomic E-state index is 11.1. The van der Waals surface area contributed by atoms with Gasteiger partial charge in [0.15, 0.2) is 0 Å². The molecule has 1 saturated heterocycles. The Morgan fingerprint density at radius 2 is 2.14 bits per heavy atom. The Bertz CT molecular complexity index is 278. The molecular weight excluding hydrogens is 180 g/mol. The molecule has 2 aliphatic rings. The largest absolute Gasteiger partial charge is 0.389 e. The fourth-order valence-electron chi connectivity index (χ4n) is 2.20. The SMILES string of the molecule is CC(=O)N1CCC2(CC1)CC(C)=NO2. The maximum atomic E-state index is 11.1. The number of rotatable bonds is 0. The Hall–Kier alpha value is -1.06. The lowest BCUT2D eigenvalue weighted by Gasteiger charge is -2.36. The molecule has 0 unspecified atom stereocenters. The molecule has 0 saturated carbocycles. The van der Waals surface area contributed by atoms with Gasteiger partial charge in [0.05, 0.1) is 5.71 Å². The van der Waals surface area contributed by atoms with Crippen molar-refractivity contribution >= 4 is 11.6 Å². The summed E-state index contributed by atoms with van der Waals surface area (Å²) >= 11 is 0. The summed E-state index contributed by atoms with van der Waals surface area (Å²) in [5, 5.41) is 4.00. The molecule has 1 amide bonds. The molecule has 2 heterocycles. The van der Waals surface area contributed by atoms with E-state index in [4.69, 9.17) is 4.84 Å². The van der Waals surface area contributed by atoms with E-state index in [1.54, 1.807) is 6.92 Å². The van der Waals surface area contributed by atoms with Gasteiger partial charge in [0, 0.05) is 39.3 Å². The predicted octanol–water partition coefficient (Wildman–Crippen LogP) is 1.16. The van der Waals surface area contributed by atoms with Crippen LogP contribution in [0.15, 0.2) is 5.16 Å². The van der Waals surface area contributed by atoms with Crippen molar-refractivity contribution in [2.75, 3.05) is 13.1 Å². The topological polar surface area (TPSA) is 41.9 Å². The minimum absolute atomic E-state index is 0.0873. The van der Waals surface area contributed by atoms with Crippen LogP contribution >= 0.6 is 0 Å². The second-order valence-corrected chi connectivity index (χ2v) is 4.28. The number of hydrogen-bond donors (Lipinski definition) is 0. The van der Waals surface area contributed by atoms with Gasteiger partial charge in [-0.2, -0.15) is 0 Å². The maximum Gasteiger partial charge on any atom is 0.219 e. The van der Waals surface area contributed by atoms with E-state index >= 15 is 0 Å². The van der Waals surface area contributed by atoms with Crippen LogP contribution in [0.25, 0.3) is 0 Å². The van der Waals surface area contributed by atoms with Gasteiger partial charge in [-0.1, -0.05) is 5.16 Å². The van der Waals surface area contributed by atoms with E-state index in [2.05, 4.69) is 5.16 Å². The molecule has 2 aliphatic heterocycles. The van der Waals surface area contributed by atoms with Crippen LogP contribution in [0.5, 0.6) is 0 Å². The quantitative estimate of drug-likeness (QED) is 0.583. The Morgan fingerprint density at radius 1 is 1.50 bits per heavy atom. The summed E-state index contributed by atoms with van der Waals surface area (Å²) in [6, 6.07) is 0. The zero-order valence-corrected chi connectivity index (χ0v) is 8.75.